The Labute approximate surface area is 67.9 Å². The van der Waals surface area contributed by atoms with Gasteiger partial charge < -0.3 is 9.22 Å². The van der Waals surface area contributed by atoms with Gasteiger partial charge in [-0.25, -0.2) is 0 Å². The van der Waals surface area contributed by atoms with Gasteiger partial charge in [-0.3, -0.25) is 0 Å². The van der Waals surface area contributed by atoms with Crippen molar-refractivity contribution < 1.29 is 9.22 Å². The van der Waals surface area contributed by atoms with Gasteiger partial charge in [-0.2, -0.15) is 0 Å². The largest absolute Gasteiger partial charge is 0.435 e. The Morgan fingerprint density at radius 1 is 1.40 bits per heavy atom. The fraction of sp³-hybridized carbons (Fsp3) is 1.00. The zero-order valence-electron chi connectivity index (χ0n) is 7.18. The van der Waals surface area contributed by atoms with E-state index in [1.165, 1.54) is 0 Å². The van der Waals surface area contributed by atoms with Gasteiger partial charge in [0, 0.05) is 0 Å². The maximum atomic E-state index is 9.14. The van der Waals surface area contributed by atoms with Crippen molar-refractivity contribution in [2.24, 2.45) is 0 Å². The topological polar surface area (TPSA) is 29.5 Å². The van der Waals surface area contributed by atoms with Crippen molar-refractivity contribution in [3.05, 3.63) is 0 Å². The first-order valence-electron chi connectivity index (χ1n) is 3.99. The molecule has 0 unspecified atom stereocenters. The molecular weight excluding hydrogens is 160 g/mol. The van der Waals surface area contributed by atoms with Gasteiger partial charge in [0.05, 0.1) is 5.22 Å². The maximum Gasteiger partial charge on any atom is 0.187 e. The smallest absolute Gasteiger partial charge is 0.187 e. The lowest BCUT2D eigenvalue weighted by molar-refractivity contribution is 0.139. The van der Waals surface area contributed by atoms with Crippen LogP contribution in [0.4, 0.5) is 0 Å². The molecule has 0 radical (unpaired) electrons. The molecule has 0 aliphatic rings. The molecule has 0 aliphatic carbocycles. The summed E-state index contributed by atoms with van der Waals surface area (Å²) in [6.45, 7) is 6.30. The summed E-state index contributed by atoms with van der Waals surface area (Å²) in [5.74, 6) is 0. The van der Waals surface area contributed by atoms with Crippen LogP contribution in [0.25, 0.3) is 0 Å². The molecule has 0 heterocycles. The molecule has 0 saturated carbocycles. The molecule has 0 aromatic heterocycles. The molecule has 4 heteroatoms. The minimum Gasteiger partial charge on any atom is -0.435 e. The van der Waals surface area contributed by atoms with Crippen LogP contribution in [-0.4, -0.2) is 29.5 Å². The van der Waals surface area contributed by atoms with Crippen LogP contribution in [-0.2, 0) is 4.43 Å². The summed E-state index contributed by atoms with van der Waals surface area (Å²) in [6.07, 6.45) is 1.96. The van der Waals surface area contributed by atoms with Crippen molar-refractivity contribution >= 4 is 19.5 Å². The molecule has 0 atom stereocenters. The predicted octanol–water partition coefficient (Wildman–Crippen LogP) is -0.273. The van der Waals surface area contributed by atoms with Gasteiger partial charge in [0.1, 0.15) is 0 Å². The van der Waals surface area contributed by atoms with E-state index in [9.17, 15) is 0 Å². The molecule has 0 bridgehead atoms. The second kappa shape index (κ2) is 5.06. The highest BCUT2D eigenvalue weighted by Crippen LogP contribution is 2.16. The number of hydrogen-bond donors (Lipinski definition) is 1. The third kappa shape index (κ3) is 2.53. The predicted molar refractivity (Wildman–Crippen MR) is 49.6 cm³/mol. The first-order chi connectivity index (χ1) is 4.74. The van der Waals surface area contributed by atoms with Crippen LogP contribution < -0.4 is 0 Å². The SMILES string of the molecule is CCC(CC)(O[SiH2]C)[SiH2]O. The van der Waals surface area contributed by atoms with E-state index < -0.39 is 9.76 Å². The van der Waals surface area contributed by atoms with Crippen LogP contribution in [0.1, 0.15) is 26.7 Å². The maximum absolute atomic E-state index is 9.14. The van der Waals surface area contributed by atoms with E-state index in [0.717, 1.165) is 12.8 Å². The van der Waals surface area contributed by atoms with Crippen molar-refractivity contribution in [2.75, 3.05) is 0 Å². The summed E-state index contributed by atoms with van der Waals surface area (Å²) in [5, 5.41) is -0.0685. The zero-order chi connectivity index (χ0) is 8.04. The summed E-state index contributed by atoms with van der Waals surface area (Å²) >= 11 is 0. The highest BCUT2D eigenvalue weighted by atomic mass is 28.2. The van der Waals surface area contributed by atoms with Gasteiger partial charge in [0.15, 0.2) is 19.5 Å². The fourth-order valence-electron chi connectivity index (χ4n) is 1.03. The summed E-state index contributed by atoms with van der Waals surface area (Å²) in [6, 6.07) is 0. The van der Waals surface area contributed by atoms with Gasteiger partial charge in [-0.15, -0.1) is 0 Å². The first kappa shape index (κ1) is 10.4. The van der Waals surface area contributed by atoms with E-state index in [4.69, 9.17) is 9.22 Å². The van der Waals surface area contributed by atoms with E-state index in [-0.39, 0.29) is 15.0 Å². The van der Waals surface area contributed by atoms with E-state index in [2.05, 4.69) is 20.4 Å². The highest BCUT2D eigenvalue weighted by Gasteiger charge is 2.24. The second-order valence-corrected chi connectivity index (χ2v) is 4.95. The lowest BCUT2D eigenvalue weighted by Gasteiger charge is -2.29. The Balaban J connectivity index is 3.87. The molecule has 2 nitrogen and oxygen atoms in total. The van der Waals surface area contributed by atoms with E-state index in [1.54, 1.807) is 0 Å². The summed E-state index contributed by atoms with van der Waals surface area (Å²) in [7, 11) is -1.33. The third-order valence-corrected chi connectivity index (χ3v) is 5.12. The van der Waals surface area contributed by atoms with Crippen LogP contribution >= 0.6 is 0 Å². The molecule has 0 aliphatic heterocycles. The monoisotopic (exact) mass is 178 g/mol. The van der Waals surface area contributed by atoms with Gasteiger partial charge in [0.25, 0.3) is 0 Å². The van der Waals surface area contributed by atoms with Gasteiger partial charge in [-0.1, -0.05) is 20.4 Å². The van der Waals surface area contributed by atoms with Crippen molar-refractivity contribution in [3.63, 3.8) is 0 Å². The molecule has 0 saturated heterocycles. The van der Waals surface area contributed by atoms with Crippen molar-refractivity contribution in [1.29, 1.82) is 0 Å². The average molecular weight is 178 g/mol. The highest BCUT2D eigenvalue weighted by molar-refractivity contribution is 6.33. The molecule has 0 amide bonds. The average Bonchev–Trinajstić information content (AvgIpc) is 2.01. The zero-order valence-corrected chi connectivity index (χ0v) is 10.0. The van der Waals surface area contributed by atoms with Crippen LogP contribution in [0.5, 0.6) is 0 Å². The normalized spacial score (nSPS) is 14.4. The molecule has 62 valence electrons. The van der Waals surface area contributed by atoms with Gasteiger partial charge >= 0.3 is 0 Å². The fourth-order valence-corrected chi connectivity index (χ4v) is 3.47. The van der Waals surface area contributed by atoms with E-state index >= 15 is 0 Å². The van der Waals surface area contributed by atoms with Crippen LogP contribution in [0.3, 0.4) is 0 Å². The molecule has 0 aromatic rings. The van der Waals surface area contributed by atoms with Gasteiger partial charge in [-0.05, 0) is 12.8 Å². The summed E-state index contributed by atoms with van der Waals surface area (Å²) in [4.78, 5) is 9.14. The Hall–Kier alpha value is 0.354. The summed E-state index contributed by atoms with van der Waals surface area (Å²) in [5.41, 5.74) is 0. The Morgan fingerprint density at radius 3 is 2.00 bits per heavy atom. The molecule has 0 fully saturated rings. The first-order valence-corrected chi connectivity index (χ1v) is 7.32. The minimum absolute atomic E-state index is 0.0685. The van der Waals surface area contributed by atoms with E-state index in [1.807, 2.05) is 0 Å². The van der Waals surface area contributed by atoms with Gasteiger partial charge in [0.2, 0.25) is 0 Å². The molecule has 10 heavy (non-hydrogen) atoms. The van der Waals surface area contributed by atoms with Crippen molar-refractivity contribution in [1.82, 2.24) is 0 Å². The molecule has 0 aromatic carbocycles. The quantitative estimate of drug-likeness (QED) is 0.587. The van der Waals surface area contributed by atoms with Crippen LogP contribution in [0.15, 0.2) is 0 Å². The Morgan fingerprint density at radius 2 is 1.90 bits per heavy atom. The third-order valence-electron chi connectivity index (χ3n) is 2.03. The molecule has 1 N–H and O–H groups in total. The second-order valence-electron chi connectivity index (χ2n) is 2.48. The molecule has 0 rings (SSSR count). The van der Waals surface area contributed by atoms with E-state index in [0.29, 0.717) is 0 Å². The lowest BCUT2D eigenvalue weighted by atomic mass is 10.2. The minimum atomic E-state index is -0.977. The number of rotatable bonds is 5. The lowest BCUT2D eigenvalue weighted by Crippen LogP contribution is -2.38. The standard InChI is InChI=1S/C6H18O2Si2/c1-4-6(5-2,10-7)8-9-3/h7H,4-5,9-10H2,1-3H3. The molecule has 0 spiro atoms. The van der Waals surface area contributed by atoms with Crippen molar-refractivity contribution in [2.45, 2.75) is 38.5 Å². The number of hydrogen-bond acceptors (Lipinski definition) is 2. The van der Waals surface area contributed by atoms with Crippen LogP contribution in [0, 0.1) is 0 Å². The Kier molecular flexibility index (Phi) is 5.24. The summed E-state index contributed by atoms with van der Waals surface area (Å²) < 4.78 is 5.63. The molecular formula is C6H18O2Si2. The Bertz CT molecular complexity index is 75.6. The van der Waals surface area contributed by atoms with Crippen LogP contribution in [0.2, 0.25) is 6.55 Å². The van der Waals surface area contributed by atoms with Crippen molar-refractivity contribution in [3.8, 4) is 0 Å².